The third-order valence-electron chi connectivity index (χ3n) is 4.07. The van der Waals surface area contributed by atoms with Crippen LogP contribution in [-0.2, 0) is 10.2 Å². The minimum atomic E-state index is -3.96. The Labute approximate surface area is 146 Å². The zero-order valence-electron chi connectivity index (χ0n) is 13.7. The summed E-state index contributed by atoms with van der Waals surface area (Å²) in [7, 11) is -2.03. The molecule has 2 aromatic rings. The number of piperazine rings is 1. The van der Waals surface area contributed by atoms with Crippen molar-refractivity contribution in [2.24, 2.45) is 0 Å². The van der Waals surface area contributed by atoms with Gasteiger partial charge in [-0.3, -0.25) is 0 Å². The Morgan fingerprint density at radius 1 is 1.12 bits per heavy atom. The van der Waals surface area contributed by atoms with E-state index in [0.29, 0.717) is 31.9 Å². The molecule has 8 nitrogen and oxygen atoms in total. The average molecular weight is 365 g/mol. The second kappa shape index (κ2) is 6.87. The summed E-state index contributed by atoms with van der Waals surface area (Å²) in [4.78, 5) is 13.5. The van der Waals surface area contributed by atoms with Crippen molar-refractivity contribution in [3.8, 4) is 0 Å². The van der Waals surface area contributed by atoms with Gasteiger partial charge in [0.25, 0.3) is 0 Å². The van der Waals surface area contributed by atoms with Crippen LogP contribution in [-0.4, -0.2) is 61.9 Å². The molecule has 1 saturated heterocycles. The number of carbonyl (C=O) groups is 1. The van der Waals surface area contributed by atoms with E-state index in [1.165, 1.54) is 16.6 Å². The Bertz CT molecular complexity index is 842. The molecule has 0 amide bonds. The lowest BCUT2D eigenvalue weighted by molar-refractivity contribution is 0.0663. The third-order valence-corrected chi connectivity index (χ3v) is 5.95. The fraction of sp³-hybridized carbons (Fsp3) is 0.312. The van der Waals surface area contributed by atoms with Gasteiger partial charge in [0.15, 0.2) is 0 Å². The molecule has 0 aliphatic carbocycles. The lowest BCUT2D eigenvalue weighted by Crippen LogP contribution is -2.51. The summed E-state index contributed by atoms with van der Waals surface area (Å²) < 4.78 is 33.9. The van der Waals surface area contributed by atoms with Gasteiger partial charge in [-0.2, -0.15) is 12.7 Å². The number of benzene rings is 1. The number of likely N-dealkylation sites (N-methyl/N-ethyl adjacent to an activating group) is 1. The molecule has 9 heteroatoms. The van der Waals surface area contributed by atoms with E-state index >= 15 is 0 Å². The number of hydrogen-bond donors (Lipinski definition) is 1. The SMILES string of the molecule is CN1CCN(S(=O)(=O)N(c2ccccc2)c2ccoc2C(=O)O)CC1. The van der Waals surface area contributed by atoms with E-state index in [0.717, 1.165) is 4.31 Å². The highest BCUT2D eigenvalue weighted by molar-refractivity contribution is 7.90. The maximum absolute atomic E-state index is 13.3. The summed E-state index contributed by atoms with van der Waals surface area (Å²) >= 11 is 0. The number of hydrogen-bond acceptors (Lipinski definition) is 5. The summed E-state index contributed by atoms with van der Waals surface area (Å²) in [5.41, 5.74) is 0.336. The Morgan fingerprint density at radius 3 is 2.36 bits per heavy atom. The topological polar surface area (TPSA) is 94.3 Å². The number of rotatable bonds is 5. The monoisotopic (exact) mass is 365 g/mol. The highest BCUT2D eigenvalue weighted by Gasteiger charge is 2.36. The molecular weight excluding hydrogens is 346 g/mol. The van der Waals surface area contributed by atoms with Gasteiger partial charge in [-0.05, 0) is 19.2 Å². The second-order valence-electron chi connectivity index (χ2n) is 5.75. The van der Waals surface area contributed by atoms with Crippen molar-refractivity contribution >= 4 is 27.6 Å². The zero-order chi connectivity index (χ0) is 18.0. The van der Waals surface area contributed by atoms with E-state index in [-0.39, 0.29) is 5.69 Å². The molecule has 25 heavy (non-hydrogen) atoms. The van der Waals surface area contributed by atoms with Gasteiger partial charge in [-0.1, -0.05) is 18.2 Å². The summed E-state index contributed by atoms with van der Waals surface area (Å²) in [6, 6.07) is 9.74. The molecule has 3 rings (SSSR count). The summed E-state index contributed by atoms with van der Waals surface area (Å²) in [5.74, 6) is -1.74. The molecule has 2 heterocycles. The molecule has 0 bridgehead atoms. The van der Waals surface area contributed by atoms with E-state index in [2.05, 4.69) is 0 Å². The molecule has 1 aliphatic heterocycles. The molecular formula is C16H19N3O5S. The van der Waals surface area contributed by atoms with Gasteiger partial charge in [-0.15, -0.1) is 0 Å². The summed E-state index contributed by atoms with van der Waals surface area (Å²) in [5, 5.41) is 9.33. The number of aromatic carboxylic acids is 1. The highest BCUT2D eigenvalue weighted by Crippen LogP contribution is 2.34. The van der Waals surface area contributed by atoms with Crippen LogP contribution in [0.1, 0.15) is 10.6 Å². The number of carboxylic acid groups (broad SMARTS) is 1. The van der Waals surface area contributed by atoms with Gasteiger partial charge in [-0.25, -0.2) is 9.10 Å². The first kappa shape index (κ1) is 17.5. The van der Waals surface area contributed by atoms with Gasteiger partial charge in [0, 0.05) is 32.2 Å². The number of para-hydroxylation sites is 1. The fourth-order valence-electron chi connectivity index (χ4n) is 2.72. The molecule has 1 aliphatic rings. The molecule has 1 fully saturated rings. The molecule has 134 valence electrons. The van der Waals surface area contributed by atoms with Crippen LogP contribution in [0.15, 0.2) is 47.1 Å². The van der Waals surface area contributed by atoms with Crippen LogP contribution < -0.4 is 4.31 Å². The highest BCUT2D eigenvalue weighted by atomic mass is 32.2. The van der Waals surface area contributed by atoms with Crippen molar-refractivity contribution < 1.29 is 22.7 Å². The second-order valence-corrected chi connectivity index (χ2v) is 7.53. The average Bonchev–Trinajstić information content (AvgIpc) is 3.05. The maximum Gasteiger partial charge on any atom is 0.374 e. The Balaban J connectivity index is 2.08. The van der Waals surface area contributed by atoms with Crippen molar-refractivity contribution in [2.75, 3.05) is 37.5 Å². The van der Waals surface area contributed by atoms with Gasteiger partial charge in [0.05, 0.1) is 12.0 Å². The van der Waals surface area contributed by atoms with Crippen LogP contribution >= 0.6 is 0 Å². The van der Waals surface area contributed by atoms with Crippen molar-refractivity contribution in [3.63, 3.8) is 0 Å². The first-order chi connectivity index (χ1) is 11.9. The van der Waals surface area contributed by atoms with Crippen molar-refractivity contribution in [3.05, 3.63) is 48.4 Å². The van der Waals surface area contributed by atoms with Crippen LogP contribution in [0.4, 0.5) is 11.4 Å². The molecule has 1 aromatic heterocycles. The first-order valence-corrected chi connectivity index (χ1v) is 9.16. The van der Waals surface area contributed by atoms with Gasteiger partial charge < -0.3 is 14.4 Å². The smallest absolute Gasteiger partial charge is 0.374 e. The quantitative estimate of drug-likeness (QED) is 0.865. The van der Waals surface area contributed by atoms with Crippen LogP contribution in [0.25, 0.3) is 0 Å². The van der Waals surface area contributed by atoms with Crippen LogP contribution in [0, 0.1) is 0 Å². The Morgan fingerprint density at radius 2 is 1.76 bits per heavy atom. The predicted octanol–water partition coefficient (Wildman–Crippen LogP) is 1.61. The third kappa shape index (κ3) is 3.39. The zero-order valence-corrected chi connectivity index (χ0v) is 14.5. The fourth-order valence-corrected chi connectivity index (χ4v) is 4.35. The first-order valence-electron chi connectivity index (χ1n) is 7.76. The van der Waals surface area contributed by atoms with Crippen LogP contribution in [0.2, 0.25) is 0 Å². The standard InChI is InChI=1S/C16H19N3O5S/c1-17-8-10-18(11-9-17)25(22,23)19(13-5-3-2-4-6-13)14-7-12-24-15(14)16(20)21/h2-7,12H,8-11H2,1H3,(H,20,21). The lowest BCUT2D eigenvalue weighted by Gasteiger charge is -2.35. The Hall–Kier alpha value is -2.36. The minimum Gasteiger partial charge on any atom is -0.475 e. The Kier molecular flexibility index (Phi) is 4.80. The van der Waals surface area contributed by atoms with Gasteiger partial charge in [0.2, 0.25) is 5.76 Å². The molecule has 1 aromatic carbocycles. The summed E-state index contributed by atoms with van der Waals surface area (Å²) in [6.45, 7) is 1.89. The molecule has 1 N–H and O–H groups in total. The molecule has 0 atom stereocenters. The minimum absolute atomic E-state index is 0.0161. The van der Waals surface area contributed by atoms with E-state index in [9.17, 15) is 18.3 Å². The lowest BCUT2D eigenvalue weighted by atomic mass is 10.3. The van der Waals surface area contributed by atoms with Gasteiger partial charge >= 0.3 is 16.2 Å². The number of anilines is 2. The molecule has 0 spiro atoms. The van der Waals surface area contributed by atoms with E-state index in [4.69, 9.17) is 4.42 Å². The van der Waals surface area contributed by atoms with Gasteiger partial charge in [0.1, 0.15) is 5.69 Å². The van der Waals surface area contributed by atoms with Crippen molar-refractivity contribution in [1.29, 1.82) is 0 Å². The van der Waals surface area contributed by atoms with Crippen LogP contribution in [0.5, 0.6) is 0 Å². The predicted molar refractivity (Wildman–Crippen MR) is 92.2 cm³/mol. The molecule has 0 radical (unpaired) electrons. The van der Waals surface area contributed by atoms with Crippen LogP contribution in [0.3, 0.4) is 0 Å². The molecule has 0 saturated carbocycles. The number of nitrogens with zero attached hydrogens (tertiary/aromatic N) is 3. The molecule has 0 unspecified atom stereocenters. The maximum atomic E-state index is 13.3. The number of carboxylic acids is 1. The van der Waals surface area contributed by atoms with E-state index in [1.54, 1.807) is 30.3 Å². The van der Waals surface area contributed by atoms with Crippen molar-refractivity contribution in [1.82, 2.24) is 9.21 Å². The normalized spacial score (nSPS) is 16.7. The number of furan rings is 1. The largest absolute Gasteiger partial charge is 0.475 e. The van der Waals surface area contributed by atoms with Crippen molar-refractivity contribution in [2.45, 2.75) is 0 Å². The summed E-state index contributed by atoms with van der Waals surface area (Å²) in [6.07, 6.45) is 1.17. The van der Waals surface area contributed by atoms with E-state index in [1.807, 2.05) is 11.9 Å². The van der Waals surface area contributed by atoms with E-state index < -0.39 is 21.9 Å².